The molecule has 94 valence electrons. The molecule has 0 fully saturated rings. The number of fused-ring (bicyclic) bond motifs is 1. The number of nitrogens with zero attached hydrogens (tertiary/aromatic N) is 1. The highest BCUT2D eigenvalue weighted by Gasteiger charge is 2.25. The second-order valence-corrected chi connectivity index (χ2v) is 6.62. The second-order valence-electron chi connectivity index (χ2n) is 4.50. The maximum atomic E-state index is 6.05. The van der Waals surface area contributed by atoms with Gasteiger partial charge >= 0.3 is 0 Å². The maximum Gasteiger partial charge on any atom is 0.132 e. The van der Waals surface area contributed by atoms with Gasteiger partial charge in [-0.25, -0.2) is 4.98 Å². The van der Waals surface area contributed by atoms with Crippen LogP contribution in [-0.2, 0) is 6.42 Å². The van der Waals surface area contributed by atoms with E-state index in [0.29, 0.717) is 11.2 Å². The first-order chi connectivity index (χ1) is 8.63. The number of thiophene rings is 1. The van der Waals surface area contributed by atoms with Crippen molar-refractivity contribution in [1.82, 2.24) is 4.98 Å². The highest BCUT2D eigenvalue weighted by Crippen LogP contribution is 2.40. The number of aromatic nitrogens is 1. The fourth-order valence-corrected chi connectivity index (χ4v) is 3.78. The van der Waals surface area contributed by atoms with Crippen molar-refractivity contribution >= 4 is 40.2 Å². The van der Waals surface area contributed by atoms with Crippen LogP contribution < -0.4 is 5.32 Å². The number of anilines is 1. The first-order valence-electron chi connectivity index (χ1n) is 5.80. The van der Waals surface area contributed by atoms with Crippen LogP contribution in [0.15, 0.2) is 18.3 Å². The lowest BCUT2D eigenvalue weighted by atomic mass is 10.1. The molecule has 5 heteroatoms. The number of rotatable bonds is 2. The third kappa shape index (κ3) is 2.22. The van der Waals surface area contributed by atoms with Crippen LogP contribution >= 0.6 is 34.5 Å². The van der Waals surface area contributed by atoms with Crippen LogP contribution in [0.3, 0.4) is 0 Å². The van der Waals surface area contributed by atoms with Crippen LogP contribution in [-0.4, -0.2) is 4.98 Å². The van der Waals surface area contributed by atoms with E-state index in [9.17, 15) is 0 Å². The van der Waals surface area contributed by atoms with E-state index in [2.05, 4.69) is 16.4 Å². The zero-order valence-corrected chi connectivity index (χ0v) is 12.2. The van der Waals surface area contributed by atoms with Crippen LogP contribution in [0.2, 0.25) is 9.49 Å². The molecule has 3 rings (SSSR count). The van der Waals surface area contributed by atoms with Crippen molar-refractivity contribution in [3.63, 3.8) is 0 Å². The molecule has 2 nitrogen and oxygen atoms in total. The first kappa shape index (κ1) is 12.3. The van der Waals surface area contributed by atoms with Crippen LogP contribution in [0.25, 0.3) is 0 Å². The minimum atomic E-state index is 0.339. The maximum absolute atomic E-state index is 6.05. The Morgan fingerprint density at radius 3 is 3.00 bits per heavy atom. The molecule has 1 N–H and O–H groups in total. The molecule has 2 heterocycles. The normalized spacial score (nSPS) is 17.8. The molecule has 0 aromatic carbocycles. The summed E-state index contributed by atoms with van der Waals surface area (Å²) in [6.45, 7) is 1.96. The smallest absolute Gasteiger partial charge is 0.132 e. The summed E-state index contributed by atoms with van der Waals surface area (Å²) in [6.07, 6.45) is 3.99. The lowest BCUT2D eigenvalue weighted by Gasteiger charge is -2.14. The topological polar surface area (TPSA) is 24.9 Å². The van der Waals surface area contributed by atoms with Crippen molar-refractivity contribution in [2.24, 2.45) is 0 Å². The van der Waals surface area contributed by atoms with Gasteiger partial charge in [-0.3, -0.25) is 0 Å². The van der Waals surface area contributed by atoms with Gasteiger partial charge in [0.25, 0.3) is 0 Å². The number of hydrogen-bond acceptors (Lipinski definition) is 3. The quantitative estimate of drug-likeness (QED) is 0.801. The van der Waals surface area contributed by atoms with Gasteiger partial charge in [-0.05, 0) is 43.0 Å². The van der Waals surface area contributed by atoms with E-state index < -0.39 is 0 Å². The van der Waals surface area contributed by atoms with E-state index in [1.807, 2.05) is 13.0 Å². The third-order valence-corrected chi connectivity index (χ3v) is 4.94. The summed E-state index contributed by atoms with van der Waals surface area (Å²) in [5.41, 5.74) is 3.33. The Morgan fingerprint density at radius 1 is 1.39 bits per heavy atom. The average molecular weight is 299 g/mol. The zero-order chi connectivity index (χ0) is 12.7. The molecule has 1 aliphatic carbocycles. The highest BCUT2D eigenvalue weighted by atomic mass is 35.5. The zero-order valence-electron chi connectivity index (χ0n) is 9.84. The summed E-state index contributed by atoms with van der Waals surface area (Å²) in [5.74, 6) is 0. The van der Waals surface area contributed by atoms with Gasteiger partial charge in [-0.2, -0.15) is 0 Å². The Morgan fingerprint density at radius 2 is 2.22 bits per heavy atom. The van der Waals surface area contributed by atoms with Crippen LogP contribution in [0.4, 0.5) is 5.69 Å². The van der Waals surface area contributed by atoms with Gasteiger partial charge in [0.1, 0.15) is 5.15 Å². The van der Waals surface area contributed by atoms with Crippen molar-refractivity contribution in [2.75, 3.05) is 5.32 Å². The molecule has 0 spiro atoms. The molecule has 0 amide bonds. The number of hydrogen-bond donors (Lipinski definition) is 1. The van der Waals surface area contributed by atoms with E-state index >= 15 is 0 Å². The van der Waals surface area contributed by atoms with E-state index in [4.69, 9.17) is 23.2 Å². The summed E-state index contributed by atoms with van der Waals surface area (Å²) in [6, 6.07) is 4.44. The fourth-order valence-electron chi connectivity index (χ4n) is 2.32. The molecule has 0 radical (unpaired) electrons. The summed E-state index contributed by atoms with van der Waals surface area (Å²) in [5, 5.41) is 4.07. The molecule has 2 aromatic rings. The predicted molar refractivity (Wildman–Crippen MR) is 78.0 cm³/mol. The molecule has 0 aliphatic heterocycles. The molecule has 1 atom stereocenters. The average Bonchev–Trinajstić information content (AvgIpc) is 2.85. The Kier molecular flexibility index (Phi) is 3.22. The van der Waals surface area contributed by atoms with Gasteiger partial charge in [-0.15, -0.1) is 11.3 Å². The lowest BCUT2D eigenvalue weighted by molar-refractivity contribution is 0.761. The monoisotopic (exact) mass is 298 g/mol. The van der Waals surface area contributed by atoms with Crippen LogP contribution in [0.5, 0.6) is 0 Å². The molecule has 0 bridgehead atoms. The number of halogens is 2. The number of pyridine rings is 1. The lowest BCUT2D eigenvalue weighted by Crippen LogP contribution is -2.07. The molecule has 2 aromatic heterocycles. The van der Waals surface area contributed by atoms with Gasteiger partial charge in [-0.1, -0.05) is 23.2 Å². The Hall–Kier alpha value is -0.770. The molecule has 1 aliphatic rings. The van der Waals surface area contributed by atoms with Gasteiger partial charge < -0.3 is 5.32 Å². The van der Waals surface area contributed by atoms with Crippen LogP contribution in [0, 0.1) is 6.92 Å². The Balaban J connectivity index is 1.83. The van der Waals surface area contributed by atoms with E-state index in [1.165, 1.54) is 10.4 Å². The minimum Gasteiger partial charge on any atom is -0.377 e. The predicted octanol–water partition coefficient (Wildman–Crippen LogP) is 4.86. The highest BCUT2D eigenvalue weighted by molar-refractivity contribution is 7.16. The Labute approximate surface area is 120 Å². The van der Waals surface area contributed by atoms with Crippen LogP contribution in [0.1, 0.15) is 28.5 Å². The summed E-state index contributed by atoms with van der Waals surface area (Å²) in [7, 11) is 0. The third-order valence-electron chi connectivity index (χ3n) is 3.20. The molecule has 0 saturated heterocycles. The van der Waals surface area contributed by atoms with Gasteiger partial charge in [0, 0.05) is 4.88 Å². The summed E-state index contributed by atoms with van der Waals surface area (Å²) >= 11 is 13.7. The molecule has 18 heavy (non-hydrogen) atoms. The summed E-state index contributed by atoms with van der Waals surface area (Å²) in [4.78, 5) is 5.56. The SMILES string of the molecule is Cc1cc(NC2CCc3sc(Cl)cc32)cnc1Cl. The number of nitrogens with one attached hydrogen (secondary N) is 1. The second kappa shape index (κ2) is 4.72. The van der Waals surface area contributed by atoms with Gasteiger partial charge in [0.2, 0.25) is 0 Å². The van der Waals surface area contributed by atoms with E-state index in [-0.39, 0.29) is 0 Å². The summed E-state index contributed by atoms with van der Waals surface area (Å²) < 4.78 is 0.872. The largest absolute Gasteiger partial charge is 0.377 e. The molecule has 1 unspecified atom stereocenters. The molecule has 0 saturated carbocycles. The fraction of sp³-hybridized carbons (Fsp3) is 0.308. The van der Waals surface area contributed by atoms with Crippen molar-refractivity contribution in [1.29, 1.82) is 0 Å². The molecular formula is C13H12Cl2N2S. The van der Waals surface area contributed by atoms with Crippen molar-refractivity contribution in [2.45, 2.75) is 25.8 Å². The Bertz CT molecular complexity index is 595. The van der Waals surface area contributed by atoms with E-state index in [1.54, 1.807) is 17.5 Å². The first-order valence-corrected chi connectivity index (χ1v) is 7.37. The number of aryl methyl sites for hydroxylation is 2. The van der Waals surface area contributed by atoms with Gasteiger partial charge in [0.15, 0.2) is 0 Å². The van der Waals surface area contributed by atoms with Crippen molar-refractivity contribution in [3.05, 3.63) is 43.8 Å². The van der Waals surface area contributed by atoms with Crippen molar-refractivity contribution in [3.8, 4) is 0 Å². The van der Waals surface area contributed by atoms with E-state index in [0.717, 1.165) is 28.4 Å². The standard InChI is InChI=1S/C13H12Cl2N2S/c1-7-4-8(6-16-13(7)15)17-10-2-3-11-9(10)5-12(14)18-11/h4-6,10,17H,2-3H2,1H3. The van der Waals surface area contributed by atoms with Gasteiger partial charge in [0.05, 0.1) is 22.3 Å². The molecular weight excluding hydrogens is 287 g/mol. The minimum absolute atomic E-state index is 0.339. The van der Waals surface area contributed by atoms with Crippen molar-refractivity contribution < 1.29 is 0 Å².